The summed E-state index contributed by atoms with van der Waals surface area (Å²) in [7, 11) is 1.65. The highest BCUT2D eigenvalue weighted by Gasteiger charge is 2.13. The van der Waals surface area contributed by atoms with Crippen LogP contribution in [0.4, 0.5) is 0 Å². The van der Waals surface area contributed by atoms with Crippen molar-refractivity contribution in [2.75, 3.05) is 12.9 Å². The summed E-state index contributed by atoms with van der Waals surface area (Å²) < 4.78 is 5.34. The van der Waals surface area contributed by atoms with Gasteiger partial charge in [0, 0.05) is 23.5 Å². The van der Waals surface area contributed by atoms with Gasteiger partial charge in [-0.25, -0.2) is 0 Å². The molecule has 0 aliphatic heterocycles. The number of ether oxygens (including phenoxy) is 1. The zero-order chi connectivity index (χ0) is 16.5. The van der Waals surface area contributed by atoms with Gasteiger partial charge in [0.2, 0.25) is 5.91 Å². The van der Waals surface area contributed by atoms with Crippen molar-refractivity contribution >= 4 is 17.7 Å². The molecule has 0 unspecified atom stereocenters. The van der Waals surface area contributed by atoms with E-state index in [9.17, 15) is 4.79 Å². The van der Waals surface area contributed by atoms with Crippen LogP contribution in [-0.2, 0) is 10.5 Å². The van der Waals surface area contributed by atoms with E-state index in [0.29, 0.717) is 6.42 Å². The van der Waals surface area contributed by atoms with Gasteiger partial charge < -0.3 is 10.1 Å². The number of rotatable bonds is 8. The number of para-hydroxylation sites is 1. The van der Waals surface area contributed by atoms with Crippen LogP contribution in [0.2, 0.25) is 0 Å². The average molecular weight is 329 g/mol. The Kier molecular flexibility index (Phi) is 7.01. The maximum atomic E-state index is 12.1. The predicted octanol–water partition coefficient (Wildman–Crippen LogP) is 4.20. The minimum Gasteiger partial charge on any atom is -0.496 e. The molecular formula is C19H23NO2S. The van der Waals surface area contributed by atoms with E-state index in [2.05, 4.69) is 17.4 Å². The second-order valence-corrected chi connectivity index (χ2v) is 6.42. The number of carbonyl (C=O) groups excluding carboxylic acids is 1. The fraction of sp³-hybridized carbons (Fsp3) is 0.316. The number of benzene rings is 2. The minimum absolute atomic E-state index is 0.0576. The average Bonchev–Trinajstić information content (AvgIpc) is 2.59. The highest BCUT2D eigenvalue weighted by molar-refractivity contribution is 7.98. The second-order valence-electron chi connectivity index (χ2n) is 5.32. The van der Waals surface area contributed by atoms with Gasteiger partial charge in [-0.2, -0.15) is 11.8 Å². The summed E-state index contributed by atoms with van der Waals surface area (Å²) in [6.07, 6.45) is 0.525. The molecule has 122 valence electrons. The van der Waals surface area contributed by atoms with E-state index in [1.165, 1.54) is 5.56 Å². The molecule has 3 nitrogen and oxygen atoms in total. The zero-order valence-electron chi connectivity index (χ0n) is 13.6. The Morgan fingerprint density at radius 2 is 1.83 bits per heavy atom. The van der Waals surface area contributed by atoms with E-state index in [1.54, 1.807) is 18.9 Å². The summed E-state index contributed by atoms with van der Waals surface area (Å²) in [5.41, 5.74) is 2.29. The molecule has 0 fully saturated rings. The first-order valence-electron chi connectivity index (χ1n) is 7.74. The lowest BCUT2D eigenvalue weighted by Crippen LogP contribution is -2.27. The van der Waals surface area contributed by atoms with Crippen LogP contribution in [0.25, 0.3) is 0 Å². The Morgan fingerprint density at radius 1 is 1.13 bits per heavy atom. The van der Waals surface area contributed by atoms with E-state index in [1.807, 2.05) is 49.4 Å². The molecule has 23 heavy (non-hydrogen) atoms. The lowest BCUT2D eigenvalue weighted by atomic mass is 10.1. The van der Waals surface area contributed by atoms with Crippen molar-refractivity contribution in [3.05, 3.63) is 65.7 Å². The number of methoxy groups -OCH3 is 1. The number of hydrogen-bond donors (Lipinski definition) is 1. The van der Waals surface area contributed by atoms with Crippen molar-refractivity contribution in [1.82, 2.24) is 5.32 Å². The van der Waals surface area contributed by atoms with Gasteiger partial charge in [0.1, 0.15) is 5.75 Å². The molecule has 0 aliphatic rings. The molecule has 1 amide bonds. The highest BCUT2D eigenvalue weighted by atomic mass is 32.2. The maximum absolute atomic E-state index is 12.1. The molecule has 2 rings (SSSR count). The van der Waals surface area contributed by atoms with Crippen molar-refractivity contribution in [1.29, 1.82) is 0 Å². The van der Waals surface area contributed by atoms with Crippen LogP contribution in [0.3, 0.4) is 0 Å². The smallest absolute Gasteiger partial charge is 0.221 e. The molecule has 0 saturated carbocycles. The Balaban J connectivity index is 1.74. The molecule has 0 saturated heterocycles. The largest absolute Gasteiger partial charge is 0.496 e. The van der Waals surface area contributed by atoms with Gasteiger partial charge in [-0.1, -0.05) is 48.5 Å². The van der Waals surface area contributed by atoms with Gasteiger partial charge in [-0.3, -0.25) is 4.79 Å². The quantitative estimate of drug-likeness (QED) is 0.738. The topological polar surface area (TPSA) is 38.3 Å². The van der Waals surface area contributed by atoms with Crippen molar-refractivity contribution in [2.45, 2.75) is 25.1 Å². The van der Waals surface area contributed by atoms with Gasteiger partial charge in [0.25, 0.3) is 0 Å². The summed E-state index contributed by atoms with van der Waals surface area (Å²) in [5.74, 6) is 2.64. The Hall–Kier alpha value is -1.94. The molecule has 0 bridgehead atoms. The first-order valence-corrected chi connectivity index (χ1v) is 8.90. The Labute approximate surface area is 142 Å². The first-order chi connectivity index (χ1) is 11.2. The normalized spacial score (nSPS) is 11.7. The van der Waals surface area contributed by atoms with Crippen LogP contribution in [0.15, 0.2) is 54.6 Å². The van der Waals surface area contributed by atoms with Crippen LogP contribution in [0, 0.1) is 0 Å². The molecule has 0 spiro atoms. The van der Waals surface area contributed by atoms with Crippen LogP contribution < -0.4 is 10.1 Å². The predicted molar refractivity (Wildman–Crippen MR) is 96.8 cm³/mol. The third-order valence-corrected chi connectivity index (χ3v) is 4.60. The maximum Gasteiger partial charge on any atom is 0.221 e. The van der Waals surface area contributed by atoms with E-state index < -0.39 is 0 Å². The molecule has 0 aliphatic carbocycles. The molecule has 1 N–H and O–H groups in total. The zero-order valence-corrected chi connectivity index (χ0v) is 14.4. The first kappa shape index (κ1) is 17.4. The molecule has 4 heteroatoms. The van der Waals surface area contributed by atoms with Gasteiger partial charge in [0.15, 0.2) is 0 Å². The van der Waals surface area contributed by atoms with E-state index in [0.717, 1.165) is 22.8 Å². The van der Waals surface area contributed by atoms with Crippen molar-refractivity contribution in [3.8, 4) is 5.75 Å². The number of hydrogen-bond acceptors (Lipinski definition) is 3. The molecule has 2 aromatic rings. The molecule has 1 atom stereocenters. The third-order valence-electron chi connectivity index (χ3n) is 3.57. The summed E-state index contributed by atoms with van der Waals surface area (Å²) in [6.45, 7) is 1.98. The number of amides is 1. The fourth-order valence-corrected chi connectivity index (χ4v) is 3.25. The lowest BCUT2D eigenvalue weighted by molar-refractivity contribution is -0.121. The van der Waals surface area contributed by atoms with Gasteiger partial charge in [-0.05, 0) is 18.6 Å². The van der Waals surface area contributed by atoms with Crippen LogP contribution >= 0.6 is 11.8 Å². The number of carbonyl (C=O) groups is 1. The molecule has 0 aromatic heterocycles. The minimum atomic E-state index is -0.0576. The monoisotopic (exact) mass is 329 g/mol. The van der Waals surface area contributed by atoms with Crippen LogP contribution in [0.1, 0.15) is 30.5 Å². The van der Waals surface area contributed by atoms with Crippen molar-refractivity contribution in [3.63, 3.8) is 0 Å². The van der Waals surface area contributed by atoms with Gasteiger partial charge >= 0.3 is 0 Å². The SMILES string of the molecule is COc1ccccc1[C@@H](C)NC(=O)CCSCc1ccccc1. The standard InChI is InChI=1S/C19H23NO2S/c1-15(17-10-6-7-11-18(17)22-2)20-19(21)12-13-23-14-16-8-4-3-5-9-16/h3-11,15H,12-14H2,1-2H3,(H,20,21)/t15-/m1/s1. The third kappa shape index (κ3) is 5.64. The highest BCUT2D eigenvalue weighted by Crippen LogP contribution is 2.24. The lowest BCUT2D eigenvalue weighted by Gasteiger charge is -2.17. The van der Waals surface area contributed by atoms with E-state index >= 15 is 0 Å². The molecule has 2 aromatic carbocycles. The number of thioether (sulfide) groups is 1. The van der Waals surface area contributed by atoms with Crippen LogP contribution in [0.5, 0.6) is 5.75 Å². The molecule has 0 heterocycles. The second kappa shape index (κ2) is 9.26. The Morgan fingerprint density at radius 3 is 2.57 bits per heavy atom. The summed E-state index contributed by atoms with van der Waals surface area (Å²) in [5, 5.41) is 3.04. The summed E-state index contributed by atoms with van der Waals surface area (Å²) in [6, 6.07) is 18.0. The van der Waals surface area contributed by atoms with Gasteiger partial charge in [0.05, 0.1) is 13.2 Å². The molecule has 0 radical (unpaired) electrons. The number of nitrogens with one attached hydrogen (secondary N) is 1. The fourth-order valence-electron chi connectivity index (χ4n) is 2.34. The summed E-state index contributed by atoms with van der Waals surface area (Å²) >= 11 is 1.78. The van der Waals surface area contributed by atoms with E-state index in [4.69, 9.17) is 4.74 Å². The van der Waals surface area contributed by atoms with Crippen molar-refractivity contribution < 1.29 is 9.53 Å². The Bertz CT molecular complexity index is 616. The van der Waals surface area contributed by atoms with Crippen molar-refractivity contribution in [2.24, 2.45) is 0 Å². The summed E-state index contributed by atoms with van der Waals surface area (Å²) in [4.78, 5) is 12.1. The van der Waals surface area contributed by atoms with Gasteiger partial charge in [-0.15, -0.1) is 0 Å². The molecular weight excluding hydrogens is 306 g/mol. The van der Waals surface area contributed by atoms with Crippen LogP contribution in [-0.4, -0.2) is 18.8 Å². The van der Waals surface area contributed by atoms with E-state index in [-0.39, 0.29) is 11.9 Å².